The van der Waals surface area contributed by atoms with Gasteiger partial charge < -0.3 is 10.3 Å². The molecule has 1 fully saturated rings. The summed E-state index contributed by atoms with van der Waals surface area (Å²) in [5.74, 6) is 0. The highest BCUT2D eigenvalue weighted by Gasteiger charge is 2.22. The summed E-state index contributed by atoms with van der Waals surface area (Å²) >= 11 is 1.45. The summed E-state index contributed by atoms with van der Waals surface area (Å²) in [5.41, 5.74) is 7.42. The molecule has 0 atom stereocenters. The first-order valence-corrected chi connectivity index (χ1v) is 6.12. The van der Waals surface area contributed by atoms with Gasteiger partial charge in [-0.3, -0.25) is 0 Å². The largest absolute Gasteiger partial charge is 0.375 e. The van der Waals surface area contributed by atoms with Crippen LogP contribution in [-0.2, 0) is 0 Å². The van der Waals surface area contributed by atoms with Crippen molar-refractivity contribution >= 4 is 28.6 Å². The third kappa shape index (κ3) is 1.99. The normalized spacial score (nSPS) is 16.0. The molecular formula is C11H12N4S. The molecule has 3 rings (SSSR count). The number of nitrogens with two attached hydrogens (primary N) is 1. The topological polar surface area (TPSA) is 56.7 Å². The molecule has 0 bridgehead atoms. The van der Waals surface area contributed by atoms with Crippen LogP contribution in [0.2, 0.25) is 0 Å². The van der Waals surface area contributed by atoms with E-state index in [1.54, 1.807) is 0 Å². The van der Waals surface area contributed by atoms with Crippen molar-refractivity contribution in [2.75, 3.05) is 5.73 Å². The highest BCUT2D eigenvalue weighted by Crippen LogP contribution is 2.34. The van der Waals surface area contributed by atoms with Crippen molar-refractivity contribution in [1.29, 1.82) is 0 Å². The van der Waals surface area contributed by atoms with Crippen LogP contribution >= 0.6 is 11.3 Å². The Morgan fingerprint density at radius 3 is 2.88 bits per heavy atom. The predicted octanol–water partition coefficient (Wildman–Crippen LogP) is 2.43. The fraction of sp³-hybridized carbons (Fsp3) is 0.273. The molecule has 2 aromatic rings. The van der Waals surface area contributed by atoms with Gasteiger partial charge in [-0.2, -0.15) is 0 Å². The van der Waals surface area contributed by atoms with E-state index in [4.69, 9.17) is 5.73 Å². The van der Waals surface area contributed by atoms with Crippen molar-refractivity contribution in [1.82, 2.24) is 14.5 Å². The third-order valence-electron chi connectivity index (χ3n) is 2.55. The van der Waals surface area contributed by atoms with E-state index in [-0.39, 0.29) is 0 Å². The van der Waals surface area contributed by atoms with Gasteiger partial charge in [-0.15, -0.1) is 11.3 Å². The SMILES string of the molecule is Nc1nc(/C=C/c2cn(C3CC3)cn2)cs1. The fourth-order valence-corrected chi connectivity index (χ4v) is 2.09. The maximum atomic E-state index is 5.55. The number of anilines is 1. The van der Waals surface area contributed by atoms with E-state index < -0.39 is 0 Å². The molecular weight excluding hydrogens is 220 g/mol. The van der Waals surface area contributed by atoms with Crippen LogP contribution in [0.3, 0.4) is 0 Å². The molecule has 1 aliphatic rings. The minimum Gasteiger partial charge on any atom is -0.375 e. The predicted molar refractivity (Wildman–Crippen MR) is 66.0 cm³/mol. The lowest BCUT2D eigenvalue weighted by Gasteiger charge is -1.92. The second-order valence-corrected chi connectivity index (χ2v) is 4.81. The number of hydrogen-bond acceptors (Lipinski definition) is 4. The zero-order valence-corrected chi connectivity index (χ0v) is 9.52. The van der Waals surface area contributed by atoms with E-state index >= 15 is 0 Å². The summed E-state index contributed by atoms with van der Waals surface area (Å²) in [4.78, 5) is 8.47. The maximum Gasteiger partial charge on any atom is 0.180 e. The number of rotatable bonds is 3. The molecule has 4 nitrogen and oxygen atoms in total. The molecule has 0 saturated heterocycles. The van der Waals surface area contributed by atoms with Gasteiger partial charge in [0.2, 0.25) is 0 Å². The minimum atomic E-state index is 0.600. The van der Waals surface area contributed by atoms with E-state index in [1.807, 2.05) is 23.9 Å². The summed E-state index contributed by atoms with van der Waals surface area (Å²) in [6.07, 6.45) is 10.4. The lowest BCUT2D eigenvalue weighted by atomic mass is 10.3. The Balaban J connectivity index is 1.74. The van der Waals surface area contributed by atoms with Crippen LogP contribution in [0.1, 0.15) is 30.3 Å². The Morgan fingerprint density at radius 1 is 1.38 bits per heavy atom. The number of nitrogens with zero attached hydrogens (tertiary/aromatic N) is 3. The van der Waals surface area contributed by atoms with Gasteiger partial charge >= 0.3 is 0 Å². The van der Waals surface area contributed by atoms with E-state index in [2.05, 4.69) is 20.7 Å². The smallest absolute Gasteiger partial charge is 0.180 e. The summed E-state index contributed by atoms with van der Waals surface area (Å²) in [6, 6.07) is 0.685. The average molecular weight is 232 g/mol. The van der Waals surface area contributed by atoms with Gasteiger partial charge in [0.05, 0.1) is 17.7 Å². The Bertz CT molecular complexity index is 522. The van der Waals surface area contributed by atoms with E-state index in [0.717, 1.165) is 11.4 Å². The first-order valence-electron chi connectivity index (χ1n) is 5.24. The summed E-state index contributed by atoms with van der Waals surface area (Å²) in [5, 5.41) is 2.53. The van der Waals surface area contributed by atoms with Gasteiger partial charge in [0, 0.05) is 17.6 Å². The van der Waals surface area contributed by atoms with Crippen molar-refractivity contribution in [3.8, 4) is 0 Å². The van der Waals surface area contributed by atoms with Crippen molar-refractivity contribution < 1.29 is 0 Å². The highest BCUT2D eigenvalue weighted by molar-refractivity contribution is 7.13. The molecule has 0 spiro atoms. The van der Waals surface area contributed by atoms with Gasteiger partial charge in [-0.1, -0.05) is 0 Å². The quantitative estimate of drug-likeness (QED) is 0.884. The number of thiazole rings is 1. The average Bonchev–Trinajstić information content (AvgIpc) is 2.87. The second kappa shape index (κ2) is 3.75. The van der Waals surface area contributed by atoms with Crippen LogP contribution in [0.25, 0.3) is 12.2 Å². The van der Waals surface area contributed by atoms with Crippen molar-refractivity contribution in [3.63, 3.8) is 0 Å². The van der Waals surface area contributed by atoms with Gasteiger partial charge in [-0.05, 0) is 25.0 Å². The zero-order valence-electron chi connectivity index (χ0n) is 8.71. The number of nitrogen functional groups attached to an aromatic ring is 1. The summed E-state index contributed by atoms with van der Waals surface area (Å²) < 4.78 is 2.18. The minimum absolute atomic E-state index is 0.600. The van der Waals surface area contributed by atoms with E-state index in [1.165, 1.54) is 24.2 Å². The van der Waals surface area contributed by atoms with Crippen LogP contribution in [0.15, 0.2) is 17.9 Å². The molecule has 0 amide bonds. The Labute approximate surface area is 97.5 Å². The summed E-state index contributed by atoms with van der Waals surface area (Å²) in [7, 11) is 0. The molecule has 0 aromatic carbocycles. The van der Waals surface area contributed by atoms with Crippen LogP contribution < -0.4 is 5.73 Å². The van der Waals surface area contributed by atoms with Crippen LogP contribution in [-0.4, -0.2) is 14.5 Å². The molecule has 0 radical (unpaired) electrons. The summed E-state index contributed by atoms with van der Waals surface area (Å²) in [6.45, 7) is 0. The first-order chi connectivity index (χ1) is 7.81. The molecule has 0 aliphatic heterocycles. The van der Waals surface area contributed by atoms with Gasteiger partial charge in [0.15, 0.2) is 5.13 Å². The third-order valence-corrected chi connectivity index (χ3v) is 3.25. The van der Waals surface area contributed by atoms with Crippen molar-refractivity contribution in [3.05, 3.63) is 29.3 Å². The Kier molecular flexibility index (Phi) is 2.25. The van der Waals surface area contributed by atoms with Crippen LogP contribution in [0, 0.1) is 0 Å². The van der Waals surface area contributed by atoms with Crippen LogP contribution in [0.5, 0.6) is 0 Å². The molecule has 16 heavy (non-hydrogen) atoms. The van der Waals surface area contributed by atoms with Gasteiger partial charge in [0.1, 0.15) is 0 Å². The molecule has 0 unspecified atom stereocenters. The maximum absolute atomic E-state index is 5.55. The van der Waals surface area contributed by atoms with Gasteiger partial charge in [0.25, 0.3) is 0 Å². The lowest BCUT2D eigenvalue weighted by Crippen LogP contribution is -1.86. The second-order valence-electron chi connectivity index (χ2n) is 3.92. The number of aromatic nitrogens is 3. The standard InChI is InChI=1S/C11H12N4S/c12-11-14-9(6-16-11)2-1-8-5-15(7-13-8)10-3-4-10/h1-2,5-7,10H,3-4H2,(H2,12,14)/b2-1+. The van der Waals surface area contributed by atoms with Crippen molar-refractivity contribution in [2.45, 2.75) is 18.9 Å². The lowest BCUT2D eigenvalue weighted by molar-refractivity contribution is 0.740. The molecule has 2 heterocycles. The van der Waals surface area contributed by atoms with Gasteiger partial charge in [-0.25, -0.2) is 9.97 Å². The molecule has 82 valence electrons. The molecule has 2 N–H and O–H groups in total. The number of imidazole rings is 1. The van der Waals surface area contributed by atoms with E-state index in [0.29, 0.717) is 11.2 Å². The zero-order chi connectivity index (χ0) is 11.0. The molecule has 1 aliphatic carbocycles. The molecule has 5 heteroatoms. The number of hydrogen-bond donors (Lipinski definition) is 1. The Hall–Kier alpha value is -1.62. The fourth-order valence-electron chi connectivity index (χ4n) is 1.56. The first kappa shape index (κ1) is 9.59. The molecule has 1 saturated carbocycles. The highest BCUT2D eigenvalue weighted by atomic mass is 32.1. The Morgan fingerprint density at radius 2 is 2.19 bits per heavy atom. The van der Waals surface area contributed by atoms with E-state index in [9.17, 15) is 0 Å². The van der Waals surface area contributed by atoms with Crippen LogP contribution in [0.4, 0.5) is 5.13 Å². The van der Waals surface area contributed by atoms with Crippen molar-refractivity contribution in [2.24, 2.45) is 0 Å². The molecule has 2 aromatic heterocycles. The monoisotopic (exact) mass is 232 g/mol.